The lowest BCUT2D eigenvalue weighted by Crippen LogP contribution is -2.67. The number of hydrogen-bond donors (Lipinski definition) is 3. The fraction of sp³-hybridized carbons (Fsp3) is 0.707. The summed E-state index contributed by atoms with van der Waals surface area (Å²) < 4.78 is 0. The molecule has 3 N–H and O–H groups in total. The van der Waals surface area contributed by atoms with Gasteiger partial charge in [0.05, 0.1) is 24.3 Å². The lowest BCUT2D eigenvalue weighted by Gasteiger charge is -2.71. The van der Waals surface area contributed by atoms with Crippen molar-refractivity contribution >= 4 is 11.8 Å². The van der Waals surface area contributed by atoms with Crippen LogP contribution in [-0.4, -0.2) is 51.7 Å². The second-order valence-electron chi connectivity index (χ2n) is 17.0. The molecule has 6 heteroatoms. The molecule has 0 aliphatic heterocycles. The summed E-state index contributed by atoms with van der Waals surface area (Å²) in [5.41, 5.74) is -0.148. The molecule has 47 heavy (non-hydrogen) atoms. The summed E-state index contributed by atoms with van der Waals surface area (Å²) in [6.45, 7) is 9.72. The van der Waals surface area contributed by atoms with E-state index in [1.807, 2.05) is 42.2 Å². The van der Waals surface area contributed by atoms with E-state index in [1.165, 1.54) is 6.42 Å². The van der Waals surface area contributed by atoms with Gasteiger partial charge < -0.3 is 20.4 Å². The Morgan fingerprint density at radius 3 is 2.34 bits per heavy atom. The number of carbonyl (C=O) groups is 2. The molecule has 9 unspecified atom stereocenters. The van der Waals surface area contributed by atoms with E-state index in [-0.39, 0.29) is 40.8 Å². The van der Waals surface area contributed by atoms with E-state index < -0.39 is 16.4 Å². The third kappa shape index (κ3) is 4.85. The smallest absolute Gasteiger partial charge is 0.317 e. The maximum Gasteiger partial charge on any atom is 0.317 e. The molecule has 7 aliphatic carbocycles. The fourth-order valence-electron chi connectivity index (χ4n) is 12.1. The van der Waals surface area contributed by atoms with Crippen LogP contribution in [0.1, 0.15) is 123 Å². The maximum atomic E-state index is 14.8. The molecule has 8 rings (SSSR count). The monoisotopic (exact) mass is 642 g/mol. The van der Waals surface area contributed by atoms with Gasteiger partial charge >= 0.3 is 6.03 Å². The molecule has 0 radical (unpaired) electrons. The van der Waals surface area contributed by atoms with Crippen molar-refractivity contribution in [3.63, 3.8) is 0 Å². The normalized spacial score (nSPS) is 41.3. The number of aliphatic hydroxyl groups excluding tert-OH is 1. The summed E-state index contributed by atoms with van der Waals surface area (Å²) in [5, 5.41) is 27.1. The van der Waals surface area contributed by atoms with Crippen LogP contribution in [-0.2, 0) is 4.79 Å². The first kappa shape index (κ1) is 33.1. The number of amides is 2. The molecule has 4 fully saturated rings. The average molecular weight is 643 g/mol. The number of allylic oxidation sites excluding steroid dienone is 4. The molecule has 2 spiro atoms. The zero-order chi connectivity index (χ0) is 33.2. The number of benzene rings is 1. The van der Waals surface area contributed by atoms with Gasteiger partial charge in [-0.2, -0.15) is 0 Å². The minimum Gasteiger partial charge on any atom is -0.393 e. The standard InChI is InChI=1S/C41H58N2O4/c1-5-24-43(36(46)42-28(2)29-12-8-6-9-13-29)27-40(47)21-18-34-38(40,4)20-17-33-37(3)19-16-31(44)25-39(37)22-23-41(33,34)32(26-39)35(45)30-14-10-7-11-15-30/h6,8-9,12-13,22-23,26,28,30-31,33-34,44,47H,5,7,10-11,14-21,24-25,27H2,1-4H3,(H,42,46). The van der Waals surface area contributed by atoms with E-state index in [0.29, 0.717) is 37.6 Å². The van der Waals surface area contributed by atoms with Crippen molar-refractivity contribution in [2.75, 3.05) is 13.1 Å². The van der Waals surface area contributed by atoms with Crippen LogP contribution in [0.2, 0.25) is 0 Å². The van der Waals surface area contributed by atoms with Crippen LogP contribution in [0, 0.1) is 39.4 Å². The van der Waals surface area contributed by atoms with E-state index in [2.05, 4.69) is 44.3 Å². The van der Waals surface area contributed by atoms with Gasteiger partial charge in [0.1, 0.15) is 0 Å². The molecule has 6 nitrogen and oxygen atoms in total. The molecule has 0 heterocycles. The summed E-state index contributed by atoms with van der Waals surface area (Å²) in [6, 6.07) is 9.77. The molecule has 1 aromatic rings. The largest absolute Gasteiger partial charge is 0.393 e. The molecule has 4 saturated carbocycles. The predicted octanol–water partition coefficient (Wildman–Crippen LogP) is 7.91. The molecule has 0 aromatic heterocycles. The Hall–Kier alpha value is -2.44. The number of fused-ring (bicyclic) bond motifs is 1. The molecule has 0 saturated heterocycles. The van der Waals surface area contributed by atoms with Gasteiger partial charge in [-0.15, -0.1) is 0 Å². The predicted molar refractivity (Wildman–Crippen MR) is 185 cm³/mol. The highest BCUT2D eigenvalue weighted by molar-refractivity contribution is 6.00. The van der Waals surface area contributed by atoms with Crippen molar-refractivity contribution in [2.45, 2.75) is 129 Å². The van der Waals surface area contributed by atoms with Crippen LogP contribution in [0.25, 0.3) is 0 Å². The SMILES string of the molecule is CCCN(CC1(O)CCC2C34C=CC5(C=C3C(=O)C3CCCCC3)CC(O)CCC5(C)C4CCC21C)C(=O)NC(C)c1ccccc1. The highest BCUT2D eigenvalue weighted by Crippen LogP contribution is 2.78. The minimum atomic E-state index is -1.05. The van der Waals surface area contributed by atoms with E-state index in [9.17, 15) is 19.8 Å². The Kier molecular flexibility index (Phi) is 8.35. The quantitative estimate of drug-likeness (QED) is 0.252. The molecule has 9 atom stereocenters. The Balaban J connectivity index is 1.23. The third-order valence-electron chi connectivity index (χ3n) is 14.8. The van der Waals surface area contributed by atoms with Gasteiger partial charge in [-0.3, -0.25) is 4.79 Å². The average Bonchev–Trinajstić information content (AvgIpc) is 3.34. The van der Waals surface area contributed by atoms with Crippen molar-refractivity contribution in [1.29, 1.82) is 0 Å². The first-order valence-electron chi connectivity index (χ1n) is 18.9. The van der Waals surface area contributed by atoms with Crippen molar-refractivity contribution < 1.29 is 19.8 Å². The van der Waals surface area contributed by atoms with Gasteiger partial charge in [-0.05, 0) is 93.9 Å². The van der Waals surface area contributed by atoms with Gasteiger partial charge in [0.25, 0.3) is 0 Å². The van der Waals surface area contributed by atoms with Gasteiger partial charge in [0, 0.05) is 34.3 Å². The Bertz CT molecular complexity index is 1430. The lowest BCUT2D eigenvalue weighted by molar-refractivity contribution is -0.178. The Morgan fingerprint density at radius 2 is 1.62 bits per heavy atom. The van der Waals surface area contributed by atoms with Gasteiger partial charge in [-0.25, -0.2) is 4.79 Å². The minimum absolute atomic E-state index is 0.0267. The number of carbonyl (C=O) groups excluding carboxylic acids is 2. The van der Waals surface area contributed by atoms with Gasteiger partial charge in [0.2, 0.25) is 0 Å². The first-order chi connectivity index (χ1) is 22.4. The topological polar surface area (TPSA) is 89.9 Å². The fourth-order valence-corrected chi connectivity index (χ4v) is 12.1. The van der Waals surface area contributed by atoms with Gasteiger partial charge in [0.15, 0.2) is 5.78 Å². The van der Waals surface area contributed by atoms with E-state index in [4.69, 9.17) is 0 Å². The zero-order valence-corrected chi connectivity index (χ0v) is 29.3. The number of rotatable bonds is 8. The summed E-state index contributed by atoms with van der Waals surface area (Å²) in [5.74, 6) is 0.854. The molecular formula is C41H58N2O4. The van der Waals surface area contributed by atoms with E-state index in [1.54, 1.807) is 0 Å². The van der Waals surface area contributed by atoms with Crippen molar-refractivity contribution in [3.8, 4) is 0 Å². The lowest BCUT2D eigenvalue weighted by atomic mass is 9.32. The summed E-state index contributed by atoms with van der Waals surface area (Å²) in [4.78, 5) is 30.5. The number of hydrogen-bond acceptors (Lipinski definition) is 4. The van der Waals surface area contributed by atoms with Crippen LogP contribution < -0.4 is 5.32 Å². The molecule has 256 valence electrons. The highest BCUT2D eigenvalue weighted by atomic mass is 16.3. The number of urea groups is 1. The summed E-state index contributed by atoms with van der Waals surface area (Å²) in [6.07, 6.45) is 18.9. The molecular weight excluding hydrogens is 584 g/mol. The summed E-state index contributed by atoms with van der Waals surface area (Å²) in [7, 11) is 0. The highest BCUT2D eigenvalue weighted by Gasteiger charge is 2.74. The number of Topliss-reactive ketones (excluding diaryl/α,β-unsaturated/α-hetero) is 1. The van der Waals surface area contributed by atoms with E-state index >= 15 is 0 Å². The third-order valence-corrected chi connectivity index (χ3v) is 14.8. The van der Waals surface area contributed by atoms with Crippen LogP contribution in [0.15, 0.2) is 54.1 Å². The first-order valence-corrected chi connectivity index (χ1v) is 18.9. The Morgan fingerprint density at radius 1 is 0.936 bits per heavy atom. The number of nitrogens with one attached hydrogen (secondary N) is 1. The molecule has 2 amide bonds. The van der Waals surface area contributed by atoms with Gasteiger partial charge in [-0.1, -0.05) is 88.6 Å². The van der Waals surface area contributed by atoms with Crippen molar-refractivity contribution in [2.24, 2.45) is 39.4 Å². The van der Waals surface area contributed by atoms with E-state index in [0.717, 1.165) is 75.3 Å². The van der Waals surface area contributed by atoms with Crippen molar-refractivity contribution in [1.82, 2.24) is 10.2 Å². The van der Waals surface area contributed by atoms with Crippen LogP contribution in [0.4, 0.5) is 4.79 Å². The second-order valence-corrected chi connectivity index (χ2v) is 17.0. The second kappa shape index (κ2) is 11.9. The van der Waals surface area contributed by atoms with Crippen molar-refractivity contribution in [3.05, 3.63) is 59.7 Å². The van der Waals surface area contributed by atoms with Crippen LogP contribution >= 0.6 is 0 Å². The number of nitrogens with zero attached hydrogens (tertiary/aromatic N) is 1. The molecule has 2 bridgehead atoms. The van der Waals surface area contributed by atoms with Crippen LogP contribution in [0.3, 0.4) is 0 Å². The van der Waals surface area contributed by atoms with Crippen LogP contribution in [0.5, 0.6) is 0 Å². The maximum absolute atomic E-state index is 14.8. The zero-order valence-electron chi connectivity index (χ0n) is 29.3. The Labute approximate surface area is 282 Å². The summed E-state index contributed by atoms with van der Waals surface area (Å²) >= 11 is 0. The number of aliphatic hydroxyl groups is 2. The number of ketones is 1. The molecule has 1 aromatic carbocycles. The molecule has 7 aliphatic rings.